The summed E-state index contributed by atoms with van der Waals surface area (Å²) in [4.78, 5) is 11.2. The molecule has 0 aliphatic rings. The van der Waals surface area contributed by atoms with Gasteiger partial charge in [0.25, 0.3) is 0 Å². The molecule has 8 heteroatoms. The summed E-state index contributed by atoms with van der Waals surface area (Å²) in [6.45, 7) is 3.40. The summed E-state index contributed by atoms with van der Waals surface area (Å²) in [6.07, 6.45) is 0. The van der Waals surface area contributed by atoms with Crippen LogP contribution >= 0.6 is 11.6 Å². The van der Waals surface area contributed by atoms with Crippen LogP contribution in [0.2, 0.25) is 5.02 Å². The van der Waals surface area contributed by atoms with Crippen LogP contribution in [0.15, 0.2) is 60.7 Å². The Hall–Kier alpha value is -3.97. The van der Waals surface area contributed by atoms with Crippen LogP contribution in [0.25, 0.3) is 28.2 Å². The smallest absolute Gasteiger partial charge is 0.341 e. The fourth-order valence-corrected chi connectivity index (χ4v) is 4.17. The molecule has 0 aliphatic heterocycles. The number of nitrogens with zero attached hydrogens (tertiary/aromatic N) is 2. The zero-order valence-electron chi connectivity index (χ0n) is 19.8. The summed E-state index contributed by atoms with van der Waals surface area (Å²) in [7, 11) is 3.18. The van der Waals surface area contributed by atoms with Gasteiger partial charge in [-0.25, -0.2) is 9.48 Å². The Morgan fingerprint density at radius 3 is 2.37 bits per heavy atom. The predicted molar refractivity (Wildman–Crippen MR) is 135 cm³/mol. The number of halogens is 1. The van der Waals surface area contributed by atoms with Crippen LogP contribution in [0.3, 0.4) is 0 Å². The van der Waals surface area contributed by atoms with Gasteiger partial charge in [-0.1, -0.05) is 23.7 Å². The third kappa shape index (κ3) is 4.95. The van der Waals surface area contributed by atoms with Gasteiger partial charge in [0, 0.05) is 16.1 Å². The zero-order valence-corrected chi connectivity index (χ0v) is 20.6. The van der Waals surface area contributed by atoms with Crippen molar-refractivity contribution in [2.45, 2.75) is 13.8 Å². The van der Waals surface area contributed by atoms with Crippen LogP contribution < -0.4 is 14.2 Å². The van der Waals surface area contributed by atoms with Gasteiger partial charge in [-0.2, -0.15) is 5.10 Å². The highest BCUT2D eigenvalue weighted by molar-refractivity contribution is 6.30. The lowest BCUT2D eigenvalue weighted by molar-refractivity contribution is -0.139. The van der Waals surface area contributed by atoms with Gasteiger partial charge in [-0.05, 0) is 73.5 Å². The summed E-state index contributed by atoms with van der Waals surface area (Å²) >= 11 is 6.13. The molecule has 7 nitrogen and oxygen atoms in total. The topological polar surface area (TPSA) is 82.8 Å². The average molecular weight is 493 g/mol. The van der Waals surface area contributed by atoms with E-state index in [2.05, 4.69) is 0 Å². The molecule has 1 N–H and O–H groups in total. The third-order valence-corrected chi connectivity index (χ3v) is 5.75. The number of ether oxygens (including phenoxy) is 3. The van der Waals surface area contributed by atoms with Crippen molar-refractivity contribution in [3.8, 4) is 45.5 Å². The van der Waals surface area contributed by atoms with E-state index in [1.54, 1.807) is 31.0 Å². The second-order valence-electron chi connectivity index (χ2n) is 7.99. The van der Waals surface area contributed by atoms with Gasteiger partial charge < -0.3 is 19.3 Å². The first-order valence-corrected chi connectivity index (χ1v) is 11.2. The second kappa shape index (κ2) is 10.1. The van der Waals surface area contributed by atoms with Gasteiger partial charge in [-0.15, -0.1) is 0 Å². The minimum absolute atomic E-state index is 0.453. The van der Waals surface area contributed by atoms with E-state index in [9.17, 15) is 9.90 Å². The summed E-state index contributed by atoms with van der Waals surface area (Å²) in [5.41, 5.74) is 5.45. The highest BCUT2D eigenvalue weighted by Crippen LogP contribution is 2.42. The van der Waals surface area contributed by atoms with Crippen molar-refractivity contribution in [1.82, 2.24) is 9.78 Å². The summed E-state index contributed by atoms with van der Waals surface area (Å²) in [5.74, 6) is 0.582. The van der Waals surface area contributed by atoms with Crippen molar-refractivity contribution in [3.05, 3.63) is 76.8 Å². The summed E-state index contributed by atoms with van der Waals surface area (Å²) in [5, 5.41) is 14.7. The van der Waals surface area contributed by atoms with E-state index < -0.39 is 12.6 Å². The van der Waals surface area contributed by atoms with Crippen LogP contribution in [-0.4, -0.2) is 41.7 Å². The third-order valence-electron chi connectivity index (χ3n) is 5.49. The SMILES string of the molecule is COc1cccc(-c2cc(-c3cc(C)cc(C)c3OCC(=O)O)nn2-c2ccc(Cl)cc2)c1OC. The Labute approximate surface area is 208 Å². The molecule has 0 aliphatic carbocycles. The molecule has 3 aromatic carbocycles. The van der Waals surface area contributed by atoms with E-state index in [1.165, 1.54) is 0 Å². The van der Waals surface area contributed by atoms with Crippen molar-refractivity contribution in [2.75, 3.05) is 20.8 Å². The van der Waals surface area contributed by atoms with E-state index in [4.69, 9.17) is 30.9 Å². The number of para-hydroxylation sites is 1. The monoisotopic (exact) mass is 492 g/mol. The molecule has 0 bridgehead atoms. The number of methoxy groups -OCH3 is 2. The van der Waals surface area contributed by atoms with Gasteiger partial charge in [0.05, 0.1) is 31.3 Å². The number of rotatable bonds is 8. The van der Waals surface area contributed by atoms with E-state index >= 15 is 0 Å². The largest absolute Gasteiger partial charge is 0.493 e. The molecular formula is C27H25ClN2O5. The molecule has 0 unspecified atom stereocenters. The number of carbonyl (C=O) groups is 1. The normalized spacial score (nSPS) is 10.8. The molecule has 4 rings (SSSR count). The summed E-state index contributed by atoms with van der Waals surface area (Å²) in [6, 6.07) is 18.8. The maximum atomic E-state index is 11.2. The Bertz CT molecular complexity index is 1380. The number of carboxylic acid groups (broad SMARTS) is 1. The molecule has 180 valence electrons. The Morgan fingerprint density at radius 1 is 0.971 bits per heavy atom. The molecule has 4 aromatic rings. The molecule has 0 atom stereocenters. The first-order chi connectivity index (χ1) is 16.8. The van der Waals surface area contributed by atoms with Gasteiger partial charge >= 0.3 is 5.97 Å². The van der Waals surface area contributed by atoms with Crippen LogP contribution in [0.5, 0.6) is 17.2 Å². The highest BCUT2D eigenvalue weighted by Gasteiger charge is 2.21. The molecule has 0 amide bonds. The van der Waals surface area contributed by atoms with E-state index in [0.717, 1.165) is 28.1 Å². The number of benzene rings is 3. The van der Waals surface area contributed by atoms with Crippen LogP contribution in [-0.2, 0) is 4.79 Å². The van der Waals surface area contributed by atoms with Gasteiger partial charge in [0.2, 0.25) is 0 Å². The average Bonchev–Trinajstić information content (AvgIpc) is 3.28. The van der Waals surface area contributed by atoms with Crippen molar-refractivity contribution in [2.24, 2.45) is 0 Å². The molecule has 35 heavy (non-hydrogen) atoms. The molecule has 0 saturated carbocycles. The standard InChI is InChI=1S/C27H25ClN2O5/c1-16-12-17(2)26(35-15-25(31)32)21(13-16)22-14-23(20-6-5-7-24(33-3)27(20)34-4)30(29-22)19-10-8-18(28)9-11-19/h5-14H,15H2,1-4H3,(H,31,32). The number of aryl methyl sites for hydroxylation is 2. The lowest BCUT2D eigenvalue weighted by Crippen LogP contribution is -2.11. The van der Waals surface area contributed by atoms with Gasteiger partial charge in [0.15, 0.2) is 18.1 Å². The zero-order chi connectivity index (χ0) is 25.1. The fourth-order valence-electron chi connectivity index (χ4n) is 4.04. The molecule has 1 heterocycles. The Kier molecular flexibility index (Phi) is 6.98. The van der Waals surface area contributed by atoms with E-state index in [1.807, 2.05) is 62.4 Å². The van der Waals surface area contributed by atoms with E-state index in [0.29, 0.717) is 33.5 Å². The lowest BCUT2D eigenvalue weighted by atomic mass is 10.0. The first kappa shape index (κ1) is 24.2. The maximum Gasteiger partial charge on any atom is 0.341 e. The van der Waals surface area contributed by atoms with E-state index in [-0.39, 0.29) is 0 Å². The lowest BCUT2D eigenvalue weighted by Gasteiger charge is -2.14. The Balaban J connectivity index is 1.98. The van der Waals surface area contributed by atoms with Crippen molar-refractivity contribution < 1.29 is 24.1 Å². The van der Waals surface area contributed by atoms with Crippen LogP contribution in [0.1, 0.15) is 11.1 Å². The molecular weight excluding hydrogens is 468 g/mol. The van der Waals surface area contributed by atoms with Crippen molar-refractivity contribution in [3.63, 3.8) is 0 Å². The second-order valence-corrected chi connectivity index (χ2v) is 8.42. The van der Waals surface area contributed by atoms with Crippen LogP contribution in [0, 0.1) is 13.8 Å². The number of carboxylic acids is 1. The van der Waals surface area contributed by atoms with Crippen molar-refractivity contribution in [1.29, 1.82) is 0 Å². The maximum absolute atomic E-state index is 11.2. The Morgan fingerprint density at radius 2 is 1.71 bits per heavy atom. The molecule has 0 radical (unpaired) electrons. The number of hydrogen-bond donors (Lipinski definition) is 1. The highest BCUT2D eigenvalue weighted by atomic mass is 35.5. The number of aliphatic carboxylic acids is 1. The molecule has 0 spiro atoms. The van der Waals surface area contributed by atoms with Gasteiger partial charge in [-0.3, -0.25) is 0 Å². The predicted octanol–water partition coefficient (Wildman–Crippen LogP) is 5.96. The summed E-state index contributed by atoms with van der Waals surface area (Å²) < 4.78 is 18.7. The fraction of sp³-hybridized carbons (Fsp3) is 0.185. The quantitative estimate of drug-likeness (QED) is 0.327. The van der Waals surface area contributed by atoms with Crippen LogP contribution in [0.4, 0.5) is 0 Å². The number of hydrogen-bond acceptors (Lipinski definition) is 5. The van der Waals surface area contributed by atoms with Gasteiger partial charge in [0.1, 0.15) is 5.75 Å². The molecule has 0 fully saturated rings. The number of aromatic nitrogens is 2. The minimum atomic E-state index is -1.05. The molecule has 0 saturated heterocycles. The minimum Gasteiger partial charge on any atom is -0.493 e. The molecule has 1 aromatic heterocycles. The first-order valence-electron chi connectivity index (χ1n) is 10.9. The van der Waals surface area contributed by atoms with Crippen molar-refractivity contribution >= 4 is 17.6 Å².